The van der Waals surface area contributed by atoms with E-state index >= 15 is 0 Å². The second-order valence-corrected chi connectivity index (χ2v) is 4.30. The van der Waals surface area contributed by atoms with E-state index in [1.165, 1.54) is 0 Å². The highest BCUT2D eigenvalue weighted by atomic mass is 35.5. The summed E-state index contributed by atoms with van der Waals surface area (Å²) in [6.45, 7) is 1.32. The fourth-order valence-corrected chi connectivity index (χ4v) is 2.21. The number of aromatic nitrogens is 5. The van der Waals surface area contributed by atoms with Gasteiger partial charge in [0, 0.05) is 12.7 Å². The SMILES string of the molecule is Nc1nc2cccc(Cl)c2n1CCn1ccnn1. The fraction of sp³-hybridized carbons (Fsp3) is 0.182. The van der Waals surface area contributed by atoms with Crippen LogP contribution in [0.25, 0.3) is 11.0 Å². The molecule has 2 heterocycles. The minimum atomic E-state index is 0.457. The van der Waals surface area contributed by atoms with Crippen molar-refractivity contribution in [2.24, 2.45) is 0 Å². The third kappa shape index (κ3) is 1.80. The standard InChI is InChI=1S/C11H11ClN6/c12-8-2-1-3-9-10(8)18(11(13)15-9)7-6-17-5-4-14-16-17/h1-5H,6-7H2,(H2,13,15). The molecule has 2 aromatic heterocycles. The van der Waals surface area contributed by atoms with Gasteiger partial charge in [0.25, 0.3) is 0 Å². The Hall–Kier alpha value is -2.08. The van der Waals surface area contributed by atoms with Gasteiger partial charge in [-0.05, 0) is 12.1 Å². The molecule has 0 spiro atoms. The molecule has 0 fully saturated rings. The van der Waals surface area contributed by atoms with E-state index in [0.29, 0.717) is 24.1 Å². The number of aryl methyl sites for hydroxylation is 2. The van der Waals surface area contributed by atoms with Gasteiger partial charge in [-0.1, -0.05) is 22.9 Å². The molecule has 0 radical (unpaired) electrons. The predicted octanol–water partition coefficient (Wildman–Crippen LogP) is 1.56. The first kappa shape index (κ1) is 11.0. The molecule has 3 aromatic rings. The van der Waals surface area contributed by atoms with Crippen molar-refractivity contribution in [3.8, 4) is 0 Å². The average molecular weight is 263 g/mol. The molecule has 0 bridgehead atoms. The predicted molar refractivity (Wildman–Crippen MR) is 69.2 cm³/mol. The molecule has 0 saturated heterocycles. The van der Waals surface area contributed by atoms with Gasteiger partial charge in [-0.15, -0.1) is 5.10 Å². The van der Waals surface area contributed by atoms with E-state index in [-0.39, 0.29) is 0 Å². The van der Waals surface area contributed by atoms with Gasteiger partial charge in [0.05, 0.1) is 28.8 Å². The Morgan fingerprint density at radius 3 is 2.94 bits per heavy atom. The Bertz CT molecular complexity index is 672. The molecule has 0 aliphatic carbocycles. The summed E-state index contributed by atoms with van der Waals surface area (Å²) in [4.78, 5) is 4.28. The van der Waals surface area contributed by atoms with E-state index in [9.17, 15) is 0 Å². The van der Waals surface area contributed by atoms with Crippen LogP contribution in [0, 0.1) is 0 Å². The molecule has 7 heteroatoms. The number of rotatable bonds is 3. The number of imidazole rings is 1. The zero-order chi connectivity index (χ0) is 12.5. The lowest BCUT2D eigenvalue weighted by Gasteiger charge is -2.07. The maximum absolute atomic E-state index is 6.19. The summed E-state index contributed by atoms with van der Waals surface area (Å²) in [7, 11) is 0. The molecule has 2 N–H and O–H groups in total. The van der Waals surface area contributed by atoms with Crippen LogP contribution < -0.4 is 5.73 Å². The van der Waals surface area contributed by atoms with Gasteiger partial charge >= 0.3 is 0 Å². The quantitative estimate of drug-likeness (QED) is 0.777. The summed E-state index contributed by atoms with van der Waals surface area (Å²) in [5, 5.41) is 8.31. The van der Waals surface area contributed by atoms with Gasteiger partial charge in [0.2, 0.25) is 5.95 Å². The van der Waals surface area contributed by atoms with Crippen LogP contribution in [0.15, 0.2) is 30.6 Å². The van der Waals surface area contributed by atoms with Gasteiger partial charge in [-0.25, -0.2) is 4.98 Å². The van der Waals surface area contributed by atoms with Crippen molar-refractivity contribution < 1.29 is 0 Å². The number of nitrogens with two attached hydrogens (primary N) is 1. The molecular formula is C11H11ClN6. The summed E-state index contributed by atoms with van der Waals surface area (Å²) in [6.07, 6.45) is 3.44. The second kappa shape index (κ2) is 4.30. The van der Waals surface area contributed by atoms with Crippen LogP contribution in [0.1, 0.15) is 0 Å². The van der Waals surface area contributed by atoms with Gasteiger partial charge in [-0.3, -0.25) is 4.68 Å². The van der Waals surface area contributed by atoms with E-state index in [1.54, 1.807) is 17.1 Å². The number of fused-ring (bicyclic) bond motifs is 1. The normalized spacial score (nSPS) is 11.2. The third-order valence-electron chi connectivity index (χ3n) is 2.77. The molecule has 18 heavy (non-hydrogen) atoms. The topological polar surface area (TPSA) is 74.5 Å². The molecule has 0 amide bonds. The summed E-state index contributed by atoms with van der Waals surface area (Å²) >= 11 is 6.19. The van der Waals surface area contributed by atoms with Crippen LogP contribution in [-0.4, -0.2) is 24.5 Å². The van der Waals surface area contributed by atoms with Gasteiger partial charge < -0.3 is 10.3 Å². The van der Waals surface area contributed by atoms with E-state index < -0.39 is 0 Å². The monoisotopic (exact) mass is 262 g/mol. The van der Waals surface area contributed by atoms with Crippen molar-refractivity contribution in [1.29, 1.82) is 0 Å². The molecule has 0 aliphatic rings. The minimum Gasteiger partial charge on any atom is -0.369 e. The van der Waals surface area contributed by atoms with Gasteiger partial charge in [0.15, 0.2) is 0 Å². The number of para-hydroxylation sites is 1. The largest absolute Gasteiger partial charge is 0.369 e. The molecule has 0 aliphatic heterocycles. The minimum absolute atomic E-state index is 0.457. The van der Waals surface area contributed by atoms with Crippen LogP contribution in [-0.2, 0) is 13.1 Å². The Balaban J connectivity index is 1.98. The van der Waals surface area contributed by atoms with Crippen LogP contribution in [0.4, 0.5) is 5.95 Å². The summed E-state index contributed by atoms with van der Waals surface area (Å²) in [6, 6.07) is 5.58. The smallest absolute Gasteiger partial charge is 0.201 e. The maximum atomic E-state index is 6.19. The summed E-state index contributed by atoms with van der Waals surface area (Å²) in [5.74, 6) is 0.457. The highest BCUT2D eigenvalue weighted by molar-refractivity contribution is 6.35. The molecule has 6 nitrogen and oxygen atoms in total. The number of hydrogen-bond donors (Lipinski definition) is 1. The van der Waals surface area contributed by atoms with E-state index in [2.05, 4.69) is 15.3 Å². The Labute approximate surface area is 108 Å². The van der Waals surface area contributed by atoms with Crippen LogP contribution in [0.5, 0.6) is 0 Å². The van der Waals surface area contributed by atoms with Crippen LogP contribution in [0.2, 0.25) is 5.02 Å². The molecule has 3 rings (SSSR count). The van der Waals surface area contributed by atoms with Crippen molar-refractivity contribution >= 4 is 28.6 Å². The number of nitrogen functional groups attached to an aromatic ring is 1. The number of anilines is 1. The Kier molecular flexibility index (Phi) is 2.64. The molecule has 0 unspecified atom stereocenters. The van der Waals surface area contributed by atoms with E-state index in [0.717, 1.165) is 11.0 Å². The Morgan fingerprint density at radius 1 is 1.28 bits per heavy atom. The second-order valence-electron chi connectivity index (χ2n) is 3.90. The van der Waals surface area contributed by atoms with E-state index in [1.807, 2.05) is 22.8 Å². The zero-order valence-corrected chi connectivity index (χ0v) is 10.2. The van der Waals surface area contributed by atoms with Gasteiger partial charge in [0.1, 0.15) is 0 Å². The Morgan fingerprint density at radius 2 is 2.17 bits per heavy atom. The van der Waals surface area contributed by atoms with Crippen molar-refractivity contribution in [3.05, 3.63) is 35.6 Å². The fourth-order valence-electron chi connectivity index (χ4n) is 1.94. The van der Waals surface area contributed by atoms with Crippen molar-refractivity contribution in [1.82, 2.24) is 24.5 Å². The van der Waals surface area contributed by atoms with Crippen molar-refractivity contribution in [3.63, 3.8) is 0 Å². The zero-order valence-electron chi connectivity index (χ0n) is 9.49. The molecule has 0 atom stereocenters. The first-order valence-corrected chi connectivity index (χ1v) is 5.88. The molecule has 92 valence electrons. The van der Waals surface area contributed by atoms with Crippen LogP contribution in [0.3, 0.4) is 0 Å². The lowest BCUT2D eigenvalue weighted by Crippen LogP contribution is -2.10. The third-order valence-corrected chi connectivity index (χ3v) is 3.08. The number of halogens is 1. The van der Waals surface area contributed by atoms with Crippen molar-refractivity contribution in [2.75, 3.05) is 5.73 Å². The first-order chi connectivity index (χ1) is 8.75. The maximum Gasteiger partial charge on any atom is 0.201 e. The molecular weight excluding hydrogens is 252 g/mol. The van der Waals surface area contributed by atoms with Crippen molar-refractivity contribution in [2.45, 2.75) is 13.1 Å². The van der Waals surface area contributed by atoms with Crippen LogP contribution >= 0.6 is 11.6 Å². The first-order valence-electron chi connectivity index (χ1n) is 5.50. The highest BCUT2D eigenvalue weighted by Crippen LogP contribution is 2.25. The van der Waals surface area contributed by atoms with E-state index in [4.69, 9.17) is 17.3 Å². The molecule has 0 saturated carbocycles. The average Bonchev–Trinajstić information content (AvgIpc) is 2.94. The van der Waals surface area contributed by atoms with Gasteiger partial charge in [-0.2, -0.15) is 0 Å². The lowest BCUT2D eigenvalue weighted by atomic mass is 10.3. The lowest BCUT2D eigenvalue weighted by molar-refractivity contribution is 0.529. The molecule has 1 aromatic carbocycles. The number of hydrogen-bond acceptors (Lipinski definition) is 4. The number of benzene rings is 1. The number of nitrogens with zero attached hydrogens (tertiary/aromatic N) is 5. The highest BCUT2D eigenvalue weighted by Gasteiger charge is 2.10. The summed E-state index contributed by atoms with van der Waals surface area (Å²) in [5.41, 5.74) is 7.57. The summed E-state index contributed by atoms with van der Waals surface area (Å²) < 4.78 is 3.63.